The number of benzene rings is 2. The number of nitrogens with one attached hydrogen (secondary N) is 1. The maximum atomic E-state index is 12.5. The normalized spacial score (nSPS) is 14.4. The minimum atomic E-state index is -3.59. The van der Waals surface area contributed by atoms with Crippen LogP contribution >= 0.6 is 0 Å². The lowest BCUT2D eigenvalue weighted by Gasteiger charge is -2.15. The van der Waals surface area contributed by atoms with Gasteiger partial charge in [-0.15, -0.1) is 8.78 Å². The van der Waals surface area contributed by atoms with Crippen molar-refractivity contribution in [2.24, 2.45) is 5.92 Å². The number of aliphatic hydroxyl groups excluding tert-OH is 1. The van der Waals surface area contributed by atoms with Crippen molar-refractivity contribution in [1.29, 1.82) is 0 Å². The van der Waals surface area contributed by atoms with Crippen molar-refractivity contribution < 1.29 is 38.1 Å². The third-order valence-electron chi connectivity index (χ3n) is 4.28. The summed E-state index contributed by atoms with van der Waals surface area (Å²) in [7, 11) is 0. The highest BCUT2D eigenvalue weighted by atomic mass is 19.3. The van der Waals surface area contributed by atoms with Crippen LogP contribution in [0.25, 0.3) is 0 Å². The molecule has 1 unspecified atom stereocenters. The average molecular weight is 437 g/mol. The first kappa shape index (κ1) is 24.1. The van der Waals surface area contributed by atoms with Crippen LogP contribution in [-0.4, -0.2) is 28.4 Å². The van der Waals surface area contributed by atoms with Crippen LogP contribution in [0, 0.1) is 5.92 Å². The molecule has 0 saturated heterocycles. The average Bonchev–Trinajstić information content (AvgIpc) is 3.00. The Morgan fingerprint density at radius 2 is 1.65 bits per heavy atom. The number of carboxylic acid groups (broad SMARTS) is 1. The van der Waals surface area contributed by atoms with Gasteiger partial charge < -0.3 is 25.0 Å². The largest absolute Gasteiger partial charge is 0.586 e. The fourth-order valence-electron chi connectivity index (χ4n) is 2.76. The Hall–Kier alpha value is -3.20. The number of rotatable bonds is 6. The molecule has 0 aliphatic carbocycles. The number of carboxylic acids is 1. The molecule has 1 amide bonds. The van der Waals surface area contributed by atoms with E-state index in [1.807, 2.05) is 20.8 Å². The van der Waals surface area contributed by atoms with Crippen molar-refractivity contribution in [3.05, 3.63) is 59.2 Å². The molecular formula is C22H25F2NO6. The SMILES string of the molecule is CC(C)CC(=O)NC(C)c1ccc(C(=O)O)cc1.OCc1ccc2c(c1)OC(F)(F)O2. The second-order valence-corrected chi connectivity index (χ2v) is 7.42. The van der Waals surface area contributed by atoms with Gasteiger partial charge in [0.05, 0.1) is 18.2 Å². The van der Waals surface area contributed by atoms with E-state index < -0.39 is 12.3 Å². The highest BCUT2D eigenvalue weighted by Gasteiger charge is 2.43. The fraction of sp³-hybridized carbons (Fsp3) is 0.364. The van der Waals surface area contributed by atoms with Crippen molar-refractivity contribution in [1.82, 2.24) is 5.32 Å². The summed E-state index contributed by atoms with van der Waals surface area (Å²) in [4.78, 5) is 22.3. The summed E-state index contributed by atoms with van der Waals surface area (Å²) in [5, 5.41) is 20.4. The van der Waals surface area contributed by atoms with Crippen LogP contribution in [0.15, 0.2) is 42.5 Å². The maximum Gasteiger partial charge on any atom is 0.586 e. The minimum absolute atomic E-state index is 0.0119. The molecule has 9 heteroatoms. The van der Waals surface area contributed by atoms with Gasteiger partial charge in [0.25, 0.3) is 0 Å². The third-order valence-corrected chi connectivity index (χ3v) is 4.28. The van der Waals surface area contributed by atoms with Crippen LogP contribution in [0.1, 0.15) is 54.7 Å². The Kier molecular flexibility index (Phi) is 7.93. The van der Waals surface area contributed by atoms with Gasteiger partial charge in [0, 0.05) is 6.42 Å². The number of aliphatic hydroxyl groups is 1. The number of ether oxygens (including phenoxy) is 2. The highest BCUT2D eigenvalue weighted by Crippen LogP contribution is 2.41. The van der Waals surface area contributed by atoms with E-state index in [9.17, 15) is 18.4 Å². The van der Waals surface area contributed by atoms with Gasteiger partial charge in [0.2, 0.25) is 5.91 Å². The number of aromatic carboxylic acids is 1. The van der Waals surface area contributed by atoms with Crippen LogP contribution in [0.4, 0.5) is 8.78 Å². The molecule has 3 rings (SSSR count). The van der Waals surface area contributed by atoms with Gasteiger partial charge >= 0.3 is 12.3 Å². The number of fused-ring (bicyclic) bond motifs is 1. The monoisotopic (exact) mass is 437 g/mol. The molecule has 7 nitrogen and oxygen atoms in total. The number of hydrogen-bond donors (Lipinski definition) is 3. The van der Waals surface area contributed by atoms with Gasteiger partial charge in [0.15, 0.2) is 11.5 Å². The Bertz CT molecular complexity index is 915. The smallest absolute Gasteiger partial charge is 0.478 e. The molecule has 2 aromatic rings. The Morgan fingerprint density at radius 3 is 2.19 bits per heavy atom. The number of alkyl halides is 2. The van der Waals surface area contributed by atoms with Crippen LogP contribution in [0.5, 0.6) is 11.5 Å². The van der Waals surface area contributed by atoms with E-state index in [1.165, 1.54) is 18.2 Å². The highest BCUT2D eigenvalue weighted by molar-refractivity contribution is 5.87. The molecule has 3 N–H and O–H groups in total. The van der Waals surface area contributed by atoms with Crippen LogP contribution in [0.2, 0.25) is 0 Å². The molecule has 0 fully saturated rings. The first-order valence-corrected chi connectivity index (χ1v) is 9.63. The van der Waals surface area contributed by atoms with Crippen molar-refractivity contribution in [2.75, 3.05) is 0 Å². The lowest BCUT2D eigenvalue weighted by atomic mass is 10.1. The van der Waals surface area contributed by atoms with E-state index in [1.54, 1.807) is 24.3 Å². The van der Waals surface area contributed by atoms with E-state index in [4.69, 9.17) is 10.2 Å². The Labute approximate surface area is 178 Å². The third kappa shape index (κ3) is 7.21. The van der Waals surface area contributed by atoms with Gasteiger partial charge in [-0.3, -0.25) is 4.79 Å². The van der Waals surface area contributed by atoms with E-state index in [2.05, 4.69) is 14.8 Å². The summed E-state index contributed by atoms with van der Waals surface area (Å²) in [5.41, 5.74) is 1.65. The van der Waals surface area contributed by atoms with Crippen LogP contribution in [0.3, 0.4) is 0 Å². The molecule has 1 heterocycles. The predicted molar refractivity (Wildman–Crippen MR) is 108 cm³/mol. The second-order valence-electron chi connectivity index (χ2n) is 7.42. The lowest BCUT2D eigenvalue weighted by Crippen LogP contribution is -2.27. The zero-order valence-electron chi connectivity index (χ0n) is 17.4. The zero-order chi connectivity index (χ0) is 23.2. The fourth-order valence-corrected chi connectivity index (χ4v) is 2.76. The number of carbonyl (C=O) groups excluding carboxylic acids is 1. The predicted octanol–water partition coefficient (Wildman–Crippen LogP) is 4.11. The molecule has 0 bridgehead atoms. The number of halogens is 2. The van der Waals surface area contributed by atoms with E-state index >= 15 is 0 Å². The minimum Gasteiger partial charge on any atom is -0.478 e. The van der Waals surface area contributed by atoms with Gasteiger partial charge in [-0.2, -0.15) is 0 Å². The molecule has 1 atom stereocenters. The molecular weight excluding hydrogens is 412 g/mol. The molecule has 2 aromatic carbocycles. The first-order chi connectivity index (χ1) is 14.5. The summed E-state index contributed by atoms with van der Waals surface area (Å²) in [6.45, 7) is 5.65. The Balaban J connectivity index is 0.000000231. The summed E-state index contributed by atoms with van der Waals surface area (Å²) in [6, 6.07) is 10.6. The second kappa shape index (κ2) is 10.2. The summed E-state index contributed by atoms with van der Waals surface area (Å²) >= 11 is 0. The maximum absolute atomic E-state index is 12.5. The van der Waals surface area contributed by atoms with Crippen molar-refractivity contribution >= 4 is 11.9 Å². The molecule has 1 aliphatic rings. The summed E-state index contributed by atoms with van der Waals surface area (Å²) in [5.74, 6) is -0.664. The van der Waals surface area contributed by atoms with Crippen molar-refractivity contribution in [2.45, 2.75) is 46.1 Å². The molecule has 0 aromatic heterocycles. The van der Waals surface area contributed by atoms with Gasteiger partial charge in [-0.25, -0.2) is 4.79 Å². The van der Waals surface area contributed by atoms with Gasteiger partial charge in [-0.1, -0.05) is 32.0 Å². The molecule has 1 aliphatic heterocycles. The number of carbonyl (C=O) groups is 2. The summed E-state index contributed by atoms with van der Waals surface area (Å²) in [6.07, 6.45) is -3.09. The topological polar surface area (TPSA) is 105 Å². The van der Waals surface area contributed by atoms with Gasteiger partial charge in [0.1, 0.15) is 0 Å². The standard InChI is InChI=1S/C14H19NO3.C8H6F2O3/c1-9(2)8-13(16)15-10(3)11-4-6-12(7-5-11)14(17)18;9-8(10)12-6-2-1-5(4-11)3-7(6)13-8/h4-7,9-10H,8H2,1-3H3,(H,15,16)(H,17,18);1-3,11H,4H2. The molecule has 168 valence electrons. The van der Waals surface area contributed by atoms with E-state index in [0.29, 0.717) is 17.9 Å². The molecule has 31 heavy (non-hydrogen) atoms. The molecule has 0 saturated carbocycles. The van der Waals surface area contributed by atoms with Gasteiger partial charge in [-0.05, 0) is 48.2 Å². The molecule has 0 radical (unpaired) electrons. The number of amides is 1. The molecule has 0 spiro atoms. The number of hydrogen-bond acceptors (Lipinski definition) is 5. The Morgan fingerprint density at radius 1 is 1.03 bits per heavy atom. The van der Waals surface area contributed by atoms with E-state index in [-0.39, 0.29) is 35.6 Å². The lowest BCUT2D eigenvalue weighted by molar-refractivity contribution is -0.286. The zero-order valence-corrected chi connectivity index (χ0v) is 17.4. The van der Waals surface area contributed by atoms with E-state index in [0.717, 1.165) is 5.56 Å². The van der Waals surface area contributed by atoms with Crippen molar-refractivity contribution in [3.8, 4) is 11.5 Å². The quantitative estimate of drug-likeness (QED) is 0.628. The van der Waals surface area contributed by atoms with Crippen LogP contribution < -0.4 is 14.8 Å². The van der Waals surface area contributed by atoms with Crippen LogP contribution in [-0.2, 0) is 11.4 Å². The summed E-state index contributed by atoms with van der Waals surface area (Å²) < 4.78 is 33.3. The first-order valence-electron chi connectivity index (χ1n) is 9.63. The van der Waals surface area contributed by atoms with Crippen molar-refractivity contribution in [3.63, 3.8) is 0 Å².